The van der Waals surface area contributed by atoms with Crippen molar-refractivity contribution < 1.29 is 14.2 Å². The molecule has 2 N–H and O–H groups in total. The number of rotatable bonds is 9. The third-order valence-electron chi connectivity index (χ3n) is 4.87. The van der Waals surface area contributed by atoms with E-state index in [9.17, 15) is 0 Å². The molecule has 2 rings (SSSR count). The summed E-state index contributed by atoms with van der Waals surface area (Å²) in [7, 11) is 6.69. The summed E-state index contributed by atoms with van der Waals surface area (Å²) in [5.74, 6) is 2.83. The van der Waals surface area contributed by atoms with Gasteiger partial charge in [0, 0.05) is 32.2 Å². The molecule has 1 aliphatic heterocycles. The molecule has 0 atom stereocenters. The lowest BCUT2D eigenvalue weighted by Gasteiger charge is -2.26. The summed E-state index contributed by atoms with van der Waals surface area (Å²) in [6.07, 6.45) is 4.80. The summed E-state index contributed by atoms with van der Waals surface area (Å²) in [6, 6.07) is 3.91. The Labute approximate surface area is 186 Å². The molecular weight excluding hydrogens is 471 g/mol. The Morgan fingerprint density at radius 2 is 1.64 bits per heavy atom. The van der Waals surface area contributed by atoms with Crippen LogP contribution in [-0.4, -0.2) is 72.0 Å². The molecule has 0 unspecified atom stereocenters. The fourth-order valence-corrected chi connectivity index (χ4v) is 3.41. The third kappa shape index (κ3) is 7.20. The Morgan fingerprint density at radius 3 is 2.25 bits per heavy atom. The minimum absolute atomic E-state index is 0. The molecule has 1 heterocycles. The highest BCUT2D eigenvalue weighted by Gasteiger charge is 2.15. The van der Waals surface area contributed by atoms with E-state index >= 15 is 0 Å². The van der Waals surface area contributed by atoms with E-state index in [0.717, 1.165) is 37.6 Å². The zero-order valence-corrected chi connectivity index (χ0v) is 19.9. The summed E-state index contributed by atoms with van der Waals surface area (Å²) >= 11 is 0. The monoisotopic (exact) mass is 506 g/mol. The van der Waals surface area contributed by atoms with Crippen LogP contribution in [0, 0.1) is 0 Å². The molecular formula is C20H35IN4O3. The molecule has 0 saturated carbocycles. The van der Waals surface area contributed by atoms with E-state index in [0.29, 0.717) is 17.2 Å². The maximum absolute atomic E-state index is 5.54. The van der Waals surface area contributed by atoms with Crippen LogP contribution in [0.25, 0.3) is 0 Å². The maximum Gasteiger partial charge on any atom is 0.203 e. The van der Waals surface area contributed by atoms with Crippen LogP contribution in [-0.2, 0) is 6.42 Å². The van der Waals surface area contributed by atoms with Crippen molar-refractivity contribution in [3.8, 4) is 17.2 Å². The lowest BCUT2D eigenvalue weighted by atomic mass is 10.1. The van der Waals surface area contributed by atoms with Crippen molar-refractivity contribution in [1.29, 1.82) is 0 Å². The van der Waals surface area contributed by atoms with Crippen LogP contribution < -0.4 is 24.8 Å². The first-order valence-corrected chi connectivity index (χ1v) is 9.68. The molecule has 1 aliphatic rings. The standard InChI is InChI=1S/C20H34N4O3.HI/c1-21-20(23-12-15-24-13-6-5-7-14-24)22-11-10-16-8-9-17(25-2)19(27-4)18(16)26-3;/h8-9H,5-7,10-15H2,1-4H3,(H2,21,22,23);1H. The molecule has 160 valence electrons. The second-order valence-corrected chi connectivity index (χ2v) is 6.57. The van der Waals surface area contributed by atoms with Crippen LogP contribution in [0.15, 0.2) is 17.1 Å². The van der Waals surface area contributed by atoms with Crippen LogP contribution in [0.1, 0.15) is 24.8 Å². The number of hydrogen-bond acceptors (Lipinski definition) is 5. The van der Waals surface area contributed by atoms with Crippen molar-refractivity contribution in [2.24, 2.45) is 4.99 Å². The van der Waals surface area contributed by atoms with Gasteiger partial charge in [0.05, 0.1) is 21.3 Å². The van der Waals surface area contributed by atoms with Gasteiger partial charge in [-0.15, -0.1) is 24.0 Å². The van der Waals surface area contributed by atoms with Crippen molar-refractivity contribution in [1.82, 2.24) is 15.5 Å². The van der Waals surface area contributed by atoms with E-state index in [-0.39, 0.29) is 24.0 Å². The average Bonchev–Trinajstić information content (AvgIpc) is 2.72. The van der Waals surface area contributed by atoms with Crippen LogP contribution in [0.2, 0.25) is 0 Å². The second-order valence-electron chi connectivity index (χ2n) is 6.57. The molecule has 1 aromatic carbocycles. The number of piperidine rings is 1. The van der Waals surface area contributed by atoms with E-state index in [4.69, 9.17) is 14.2 Å². The molecule has 0 amide bonds. The molecule has 0 spiro atoms. The van der Waals surface area contributed by atoms with Crippen LogP contribution in [0.5, 0.6) is 17.2 Å². The zero-order chi connectivity index (χ0) is 19.5. The highest BCUT2D eigenvalue weighted by molar-refractivity contribution is 14.0. The van der Waals surface area contributed by atoms with Gasteiger partial charge in [-0.2, -0.15) is 0 Å². The number of halogens is 1. The maximum atomic E-state index is 5.54. The second kappa shape index (κ2) is 13.7. The van der Waals surface area contributed by atoms with Crippen LogP contribution >= 0.6 is 24.0 Å². The van der Waals surface area contributed by atoms with Gasteiger partial charge in [-0.25, -0.2) is 0 Å². The molecule has 0 radical (unpaired) electrons. The van der Waals surface area contributed by atoms with E-state index in [1.165, 1.54) is 32.4 Å². The number of aliphatic imine (C=N–C) groups is 1. The van der Waals surface area contributed by atoms with E-state index in [1.54, 1.807) is 28.4 Å². The predicted molar refractivity (Wildman–Crippen MR) is 125 cm³/mol. The van der Waals surface area contributed by atoms with E-state index in [2.05, 4.69) is 20.5 Å². The summed E-state index contributed by atoms with van der Waals surface area (Å²) in [5, 5.41) is 6.76. The van der Waals surface area contributed by atoms with Gasteiger partial charge in [0.1, 0.15) is 0 Å². The third-order valence-corrected chi connectivity index (χ3v) is 4.87. The first kappa shape index (κ1) is 24.6. The summed E-state index contributed by atoms with van der Waals surface area (Å²) in [5.41, 5.74) is 1.06. The Morgan fingerprint density at radius 1 is 0.964 bits per heavy atom. The van der Waals surface area contributed by atoms with Gasteiger partial charge < -0.3 is 29.7 Å². The highest BCUT2D eigenvalue weighted by Crippen LogP contribution is 2.39. The van der Waals surface area contributed by atoms with Crippen LogP contribution in [0.4, 0.5) is 0 Å². The molecule has 1 aromatic rings. The fourth-order valence-electron chi connectivity index (χ4n) is 3.41. The van der Waals surface area contributed by atoms with Gasteiger partial charge in [0.15, 0.2) is 17.5 Å². The number of methoxy groups -OCH3 is 3. The van der Waals surface area contributed by atoms with Gasteiger partial charge in [0.25, 0.3) is 0 Å². The van der Waals surface area contributed by atoms with Gasteiger partial charge in [0.2, 0.25) is 5.75 Å². The largest absolute Gasteiger partial charge is 0.493 e. The van der Waals surface area contributed by atoms with Crippen molar-refractivity contribution in [2.45, 2.75) is 25.7 Å². The van der Waals surface area contributed by atoms with Gasteiger partial charge in [-0.05, 0) is 38.4 Å². The Kier molecular flexibility index (Phi) is 12.1. The SMILES string of the molecule is CN=C(NCCc1ccc(OC)c(OC)c1OC)NCCN1CCCCC1.I. The van der Waals surface area contributed by atoms with Gasteiger partial charge in [-0.1, -0.05) is 12.5 Å². The van der Waals surface area contributed by atoms with E-state index < -0.39 is 0 Å². The Hall–Kier alpha value is -1.42. The number of hydrogen-bond donors (Lipinski definition) is 2. The van der Waals surface area contributed by atoms with Crippen molar-refractivity contribution in [3.63, 3.8) is 0 Å². The number of benzene rings is 1. The molecule has 0 aliphatic carbocycles. The number of nitrogens with one attached hydrogen (secondary N) is 2. The average molecular weight is 506 g/mol. The first-order chi connectivity index (χ1) is 13.2. The minimum Gasteiger partial charge on any atom is -0.493 e. The topological polar surface area (TPSA) is 67.4 Å². The summed E-state index contributed by atoms with van der Waals surface area (Å²) < 4.78 is 16.3. The molecule has 8 heteroatoms. The van der Waals surface area contributed by atoms with Crippen LogP contribution in [0.3, 0.4) is 0 Å². The van der Waals surface area contributed by atoms with E-state index in [1.807, 2.05) is 12.1 Å². The number of nitrogens with zero attached hydrogens (tertiary/aromatic N) is 2. The molecule has 1 fully saturated rings. The quantitative estimate of drug-likeness (QED) is 0.305. The zero-order valence-electron chi connectivity index (χ0n) is 17.5. The van der Waals surface area contributed by atoms with Crippen molar-refractivity contribution >= 4 is 29.9 Å². The smallest absolute Gasteiger partial charge is 0.203 e. The molecule has 7 nitrogen and oxygen atoms in total. The van der Waals surface area contributed by atoms with Gasteiger partial charge in [-0.3, -0.25) is 4.99 Å². The van der Waals surface area contributed by atoms with Gasteiger partial charge >= 0.3 is 0 Å². The fraction of sp³-hybridized carbons (Fsp3) is 0.650. The summed E-state index contributed by atoms with van der Waals surface area (Å²) in [4.78, 5) is 6.82. The Balaban J connectivity index is 0.00000392. The minimum atomic E-state index is 0. The number of ether oxygens (including phenoxy) is 3. The number of guanidine groups is 1. The number of likely N-dealkylation sites (tertiary alicyclic amines) is 1. The molecule has 28 heavy (non-hydrogen) atoms. The normalized spacial score (nSPS) is 14.8. The summed E-state index contributed by atoms with van der Waals surface area (Å²) in [6.45, 7) is 5.14. The predicted octanol–water partition coefficient (Wildman–Crippen LogP) is 2.52. The Bertz CT molecular complexity index is 607. The molecule has 0 aromatic heterocycles. The molecule has 1 saturated heterocycles. The lowest BCUT2D eigenvalue weighted by Crippen LogP contribution is -2.43. The first-order valence-electron chi connectivity index (χ1n) is 9.68. The van der Waals surface area contributed by atoms with Crippen molar-refractivity contribution in [3.05, 3.63) is 17.7 Å². The molecule has 0 bridgehead atoms. The van der Waals surface area contributed by atoms with Crippen molar-refractivity contribution in [2.75, 3.05) is 61.1 Å². The highest BCUT2D eigenvalue weighted by atomic mass is 127. The lowest BCUT2D eigenvalue weighted by molar-refractivity contribution is 0.232.